The third kappa shape index (κ3) is 3.34. The fraction of sp³-hybridized carbons (Fsp3) is 0.733. The molecule has 2 rings (SSSR count). The minimum atomic E-state index is -0.343. The van der Waals surface area contributed by atoms with E-state index in [1.165, 1.54) is 24.1 Å². The maximum Gasteiger partial charge on any atom is 0.103 e. The quantitative estimate of drug-likeness (QED) is 0.858. The fourth-order valence-electron chi connectivity index (χ4n) is 2.44. The summed E-state index contributed by atoms with van der Waals surface area (Å²) < 4.78 is 0. The summed E-state index contributed by atoms with van der Waals surface area (Å²) in [5.41, 5.74) is 0.180. The topological polar surface area (TPSA) is 32.3 Å². The molecule has 0 radical (unpaired) electrons. The van der Waals surface area contributed by atoms with Crippen LogP contribution in [0.25, 0.3) is 0 Å². The number of rotatable bonds is 2. The van der Waals surface area contributed by atoms with E-state index in [1.807, 2.05) is 0 Å². The van der Waals surface area contributed by atoms with Gasteiger partial charge in [-0.05, 0) is 36.9 Å². The van der Waals surface area contributed by atoms with Crippen molar-refractivity contribution in [2.45, 2.75) is 64.0 Å². The molecule has 1 aromatic heterocycles. The van der Waals surface area contributed by atoms with E-state index in [2.05, 4.69) is 38.2 Å². The van der Waals surface area contributed by atoms with Gasteiger partial charge in [-0.3, -0.25) is 0 Å². The summed E-state index contributed by atoms with van der Waals surface area (Å²) >= 11 is 1.76. The van der Waals surface area contributed by atoms with E-state index in [1.54, 1.807) is 11.3 Å². The van der Waals surface area contributed by atoms with Gasteiger partial charge in [0.25, 0.3) is 0 Å². The smallest absolute Gasteiger partial charge is 0.103 e. The van der Waals surface area contributed by atoms with E-state index in [4.69, 9.17) is 0 Å². The van der Waals surface area contributed by atoms with Crippen molar-refractivity contribution in [3.05, 3.63) is 21.9 Å². The maximum atomic E-state index is 10.5. The summed E-state index contributed by atoms with van der Waals surface area (Å²) in [6, 6.07) is 4.50. The Labute approximate surface area is 114 Å². The van der Waals surface area contributed by atoms with E-state index < -0.39 is 0 Å². The molecule has 102 valence electrons. The second-order valence-corrected chi connectivity index (χ2v) is 7.42. The van der Waals surface area contributed by atoms with Gasteiger partial charge in [0.2, 0.25) is 0 Å². The molecule has 2 nitrogen and oxygen atoms in total. The first kappa shape index (κ1) is 14.0. The third-order valence-corrected chi connectivity index (χ3v) is 5.22. The Balaban J connectivity index is 2.08. The molecule has 1 aliphatic rings. The highest BCUT2D eigenvalue weighted by Gasteiger charge is 2.25. The molecule has 18 heavy (non-hydrogen) atoms. The monoisotopic (exact) mass is 267 g/mol. The van der Waals surface area contributed by atoms with Gasteiger partial charge in [0.05, 0.1) is 0 Å². The van der Waals surface area contributed by atoms with Crippen molar-refractivity contribution in [3.8, 4) is 0 Å². The lowest BCUT2D eigenvalue weighted by Crippen LogP contribution is -2.33. The lowest BCUT2D eigenvalue weighted by atomic mass is 9.95. The Hall–Kier alpha value is -0.380. The van der Waals surface area contributed by atoms with Gasteiger partial charge in [-0.1, -0.05) is 33.6 Å². The summed E-state index contributed by atoms with van der Waals surface area (Å²) in [7, 11) is 0. The molecule has 0 spiro atoms. The van der Waals surface area contributed by atoms with Gasteiger partial charge in [-0.2, -0.15) is 0 Å². The predicted octanol–water partition coefficient (Wildman–Crippen LogP) is 3.61. The largest absolute Gasteiger partial charge is 0.386 e. The summed E-state index contributed by atoms with van der Waals surface area (Å²) in [5.74, 6) is 0. The van der Waals surface area contributed by atoms with Crippen LogP contribution in [0.1, 0.15) is 62.3 Å². The molecule has 2 atom stereocenters. The molecule has 1 aromatic rings. The molecule has 0 bridgehead atoms. The zero-order valence-corrected chi connectivity index (χ0v) is 12.5. The van der Waals surface area contributed by atoms with E-state index in [0.29, 0.717) is 0 Å². The number of hydrogen-bond acceptors (Lipinski definition) is 3. The van der Waals surface area contributed by atoms with Gasteiger partial charge < -0.3 is 10.4 Å². The lowest BCUT2D eigenvalue weighted by Gasteiger charge is -2.21. The Morgan fingerprint density at radius 3 is 2.72 bits per heavy atom. The molecule has 0 saturated carbocycles. The van der Waals surface area contributed by atoms with Crippen LogP contribution in [0, 0.1) is 0 Å². The van der Waals surface area contributed by atoms with Crippen LogP contribution in [-0.4, -0.2) is 17.7 Å². The van der Waals surface area contributed by atoms with Gasteiger partial charge >= 0.3 is 0 Å². The van der Waals surface area contributed by atoms with Crippen LogP contribution in [0.2, 0.25) is 0 Å². The average molecular weight is 267 g/mol. The van der Waals surface area contributed by atoms with Crippen LogP contribution in [0.3, 0.4) is 0 Å². The lowest BCUT2D eigenvalue weighted by molar-refractivity contribution is 0.129. The molecular formula is C15H25NOS. The number of thiophene rings is 1. The Kier molecular flexibility index (Phi) is 4.46. The molecule has 2 heterocycles. The fourth-order valence-corrected chi connectivity index (χ4v) is 3.56. The summed E-state index contributed by atoms with van der Waals surface area (Å²) in [6.45, 7) is 7.70. The highest BCUT2D eigenvalue weighted by molar-refractivity contribution is 7.12. The van der Waals surface area contributed by atoms with E-state index >= 15 is 0 Å². The van der Waals surface area contributed by atoms with E-state index in [9.17, 15) is 5.11 Å². The highest BCUT2D eigenvalue weighted by Crippen LogP contribution is 2.34. The first-order valence-electron chi connectivity index (χ1n) is 7.00. The molecule has 0 aromatic carbocycles. The number of hydrogen-bond donors (Lipinski definition) is 2. The molecule has 1 aliphatic heterocycles. The number of nitrogens with one attached hydrogen (secondary N) is 1. The Bertz CT molecular complexity index is 372. The van der Waals surface area contributed by atoms with Crippen molar-refractivity contribution in [2.24, 2.45) is 0 Å². The molecule has 1 fully saturated rings. The summed E-state index contributed by atoms with van der Waals surface area (Å²) in [5, 5.41) is 14.0. The predicted molar refractivity (Wildman–Crippen MR) is 78.2 cm³/mol. The molecule has 0 aliphatic carbocycles. The van der Waals surface area contributed by atoms with Gasteiger partial charge in [0.1, 0.15) is 6.10 Å². The highest BCUT2D eigenvalue weighted by atomic mass is 32.1. The zero-order chi connectivity index (χ0) is 13.2. The number of aliphatic hydroxyl groups is 1. The van der Waals surface area contributed by atoms with Crippen LogP contribution in [0.15, 0.2) is 12.1 Å². The van der Waals surface area contributed by atoms with Crippen molar-refractivity contribution in [2.75, 3.05) is 6.54 Å². The first-order chi connectivity index (χ1) is 8.48. The minimum Gasteiger partial charge on any atom is -0.386 e. The molecule has 2 N–H and O–H groups in total. The standard InChI is InChI=1S/C15H25NOS/c1-15(2,3)13-9-8-12(18-13)14(17)11-7-5-4-6-10-16-11/h8-9,11,14,16-17H,4-7,10H2,1-3H3. The zero-order valence-electron chi connectivity index (χ0n) is 11.7. The van der Waals surface area contributed by atoms with E-state index in [0.717, 1.165) is 17.8 Å². The molecule has 3 heteroatoms. The SMILES string of the molecule is CC(C)(C)c1ccc(C(O)C2CCCCCN2)s1. The molecular weight excluding hydrogens is 242 g/mol. The van der Waals surface area contributed by atoms with Crippen LogP contribution < -0.4 is 5.32 Å². The van der Waals surface area contributed by atoms with Gasteiger partial charge in [0, 0.05) is 15.8 Å². The number of aliphatic hydroxyl groups excluding tert-OH is 1. The van der Waals surface area contributed by atoms with Crippen molar-refractivity contribution >= 4 is 11.3 Å². The van der Waals surface area contributed by atoms with Gasteiger partial charge in [0.15, 0.2) is 0 Å². The van der Waals surface area contributed by atoms with Crippen LogP contribution in [-0.2, 0) is 5.41 Å². The molecule has 2 unspecified atom stereocenters. The molecule has 0 amide bonds. The molecule has 1 saturated heterocycles. The van der Waals surface area contributed by atoms with E-state index in [-0.39, 0.29) is 17.6 Å². The maximum absolute atomic E-state index is 10.5. The Morgan fingerprint density at radius 2 is 2.06 bits per heavy atom. The second kappa shape index (κ2) is 5.72. The van der Waals surface area contributed by atoms with Crippen LogP contribution in [0.4, 0.5) is 0 Å². The summed E-state index contributed by atoms with van der Waals surface area (Å²) in [6.07, 6.45) is 4.49. The second-order valence-electron chi connectivity index (χ2n) is 6.31. The first-order valence-corrected chi connectivity index (χ1v) is 7.82. The Morgan fingerprint density at radius 1 is 1.28 bits per heavy atom. The van der Waals surface area contributed by atoms with Crippen molar-refractivity contribution in [1.29, 1.82) is 0 Å². The van der Waals surface area contributed by atoms with Crippen molar-refractivity contribution in [3.63, 3.8) is 0 Å². The van der Waals surface area contributed by atoms with Crippen LogP contribution >= 0.6 is 11.3 Å². The van der Waals surface area contributed by atoms with Crippen molar-refractivity contribution < 1.29 is 5.11 Å². The average Bonchev–Trinajstić information content (AvgIpc) is 2.65. The van der Waals surface area contributed by atoms with Crippen LogP contribution in [0.5, 0.6) is 0 Å². The summed E-state index contributed by atoms with van der Waals surface area (Å²) in [4.78, 5) is 2.46. The minimum absolute atomic E-state index is 0.180. The van der Waals surface area contributed by atoms with Crippen molar-refractivity contribution in [1.82, 2.24) is 5.32 Å². The van der Waals surface area contributed by atoms with Gasteiger partial charge in [-0.25, -0.2) is 0 Å². The third-order valence-electron chi connectivity index (χ3n) is 3.64. The normalized spacial score (nSPS) is 23.7. The van der Waals surface area contributed by atoms with Gasteiger partial charge in [-0.15, -0.1) is 11.3 Å².